The van der Waals surface area contributed by atoms with Crippen LogP contribution >= 0.6 is 0 Å². The zero-order chi connectivity index (χ0) is 15.1. The third-order valence-corrected chi connectivity index (χ3v) is 1.79. The number of rotatable bonds is 2. The van der Waals surface area contributed by atoms with Gasteiger partial charge < -0.3 is 9.84 Å². The Morgan fingerprint density at radius 1 is 1.16 bits per heavy atom. The van der Waals surface area contributed by atoms with Crippen molar-refractivity contribution in [2.75, 3.05) is 5.32 Å². The third-order valence-electron chi connectivity index (χ3n) is 1.79. The number of amides is 1. The van der Waals surface area contributed by atoms with Crippen molar-refractivity contribution in [3.63, 3.8) is 0 Å². The molecule has 1 aromatic carbocycles. The number of carbonyl (C=O) groups is 2. The van der Waals surface area contributed by atoms with Crippen molar-refractivity contribution in [1.82, 2.24) is 0 Å². The molecule has 2 N–H and O–H groups in total. The molecular formula is C14H21NO4. The molecule has 0 bridgehead atoms. The van der Waals surface area contributed by atoms with Crippen molar-refractivity contribution in [1.29, 1.82) is 0 Å². The summed E-state index contributed by atoms with van der Waals surface area (Å²) in [5, 5.41) is 11.3. The predicted molar refractivity (Wildman–Crippen MR) is 74.6 cm³/mol. The van der Waals surface area contributed by atoms with E-state index < -0.39 is 17.7 Å². The van der Waals surface area contributed by atoms with Gasteiger partial charge in [-0.2, -0.15) is 0 Å². The van der Waals surface area contributed by atoms with Gasteiger partial charge in [-0.1, -0.05) is 26.0 Å². The van der Waals surface area contributed by atoms with Gasteiger partial charge in [-0.3, -0.25) is 5.32 Å². The molecule has 0 aromatic heterocycles. The Morgan fingerprint density at radius 3 is 2.16 bits per heavy atom. The quantitative estimate of drug-likeness (QED) is 0.855. The second-order valence-electron chi connectivity index (χ2n) is 4.48. The summed E-state index contributed by atoms with van der Waals surface area (Å²) in [6, 6.07) is 6.14. The number of aromatic carboxylic acids is 1. The third kappa shape index (κ3) is 6.45. The van der Waals surface area contributed by atoms with Crippen LogP contribution in [-0.2, 0) is 4.74 Å². The van der Waals surface area contributed by atoms with Gasteiger partial charge in [-0.15, -0.1) is 0 Å². The van der Waals surface area contributed by atoms with Gasteiger partial charge in [0, 0.05) is 0 Å². The molecule has 1 amide bonds. The van der Waals surface area contributed by atoms with Crippen molar-refractivity contribution in [3.05, 3.63) is 29.8 Å². The maximum absolute atomic E-state index is 11.5. The van der Waals surface area contributed by atoms with Crippen molar-refractivity contribution in [3.8, 4) is 0 Å². The largest absolute Gasteiger partial charge is 0.478 e. The Kier molecular flexibility index (Phi) is 6.61. The highest BCUT2D eigenvalue weighted by molar-refractivity contribution is 5.98. The Bertz CT molecular complexity index is 435. The smallest absolute Gasteiger partial charge is 0.412 e. The zero-order valence-corrected chi connectivity index (χ0v) is 12.0. The van der Waals surface area contributed by atoms with Crippen LogP contribution in [0.3, 0.4) is 0 Å². The summed E-state index contributed by atoms with van der Waals surface area (Å²) < 4.78 is 5.03. The molecular weight excluding hydrogens is 246 g/mol. The Morgan fingerprint density at radius 2 is 1.68 bits per heavy atom. The second kappa shape index (κ2) is 7.41. The predicted octanol–water partition coefficient (Wildman–Crippen LogP) is 3.76. The molecule has 5 heteroatoms. The minimum Gasteiger partial charge on any atom is -0.478 e. The molecule has 0 fully saturated rings. The van der Waals surface area contributed by atoms with Crippen LogP contribution in [0.1, 0.15) is 45.0 Å². The zero-order valence-electron chi connectivity index (χ0n) is 12.0. The molecule has 5 nitrogen and oxygen atoms in total. The highest BCUT2D eigenvalue weighted by Crippen LogP contribution is 2.16. The van der Waals surface area contributed by atoms with Gasteiger partial charge >= 0.3 is 12.1 Å². The Balaban J connectivity index is 0.00000154. The molecule has 0 saturated carbocycles. The summed E-state index contributed by atoms with van der Waals surface area (Å²) in [7, 11) is 0. The number of carboxylic acids is 1. The molecule has 0 radical (unpaired) electrons. The van der Waals surface area contributed by atoms with E-state index in [9.17, 15) is 9.59 Å². The second-order valence-corrected chi connectivity index (χ2v) is 4.48. The van der Waals surface area contributed by atoms with Gasteiger partial charge in [0.2, 0.25) is 0 Å². The van der Waals surface area contributed by atoms with E-state index in [0.29, 0.717) is 0 Å². The van der Waals surface area contributed by atoms with E-state index in [1.165, 1.54) is 12.1 Å². The van der Waals surface area contributed by atoms with Crippen LogP contribution < -0.4 is 5.32 Å². The van der Waals surface area contributed by atoms with Crippen molar-refractivity contribution in [2.45, 2.75) is 40.2 Å². The molecule has 0 aliphatic rings. The minimum absolute atomic E-state index is 0.0263. The maximum atomic E-state index is 11.5. The fraction of sp³-hybridized carbons (Fsp3) is 0.429. The van der Waals surface area contributed by atoms with Crippen LogP contribution in [0.4, 0.5) is 10.5 Å². The van der Waals surface area contributed by atoms with Gasteiger partial charge in [0.1, 0.15) is 5.60 Å². The molecule has 1 aromatic rings. The van der Waals surface area contributed by atoms with Crippen LogP contribution in [0.15, 0.2) is 24.3 Å². The minimum atomic E-state index is -1.10. The van der Waals surface area contributed by atoms with E-state index in [1.807, 2.05) is 13.8 Å². The summed E-state index contributed by atoms with van der Waals surface area (Å²) >= 11 is 0. The average Bonchev–Trinajstić information content (AvgIpc) is 2.29. The standard InChI is InChI=1S/C12H15NO4.C2H6/c1-12(2,3)17-11(16)13-9-7-5-4-6-8(9)10(14)15;1-2/h4-7H,1-3H3,(H,13,16)(H,14,15);1-2H3. The molecule has 19 heavy (non-hydrogen) atoms. The molecule has 0 atom stereocenters. The first-order valence-corrected chi connectivity index (χ1v) is 6.12. The molecule has 0 aliphatic heterocycles. The molecule has 106 valence electrons. The lowest BCUT2D eigenvalue weighted by Gasteiger charge is -2.20. The number of hydrogen-bond acceptors (Lipinski definition) is 3. The van der Waals surface area contributed by atoms with Gasteiger partial charge in [0.25, 0.3) is 0 Å². The maximum Gasteiger partial charge on any atom is 0.412 e. The van der Waals surface area contributed by atoms with E-state index in [-0.39, 0.29) is 11.3 Å². The molecule has 0 aliphatic carbocycles. The first kappa shape index (κ1) is 17.0. The van der Waals surface area contributed by atoms with Gasteiger partial charge in [0.05, 0.1) is 11.3 Å². The van der Waals surface area contributed by atoms with Crippen molar-refractivity contribution < 1.29 is 19.4 Å². The summed E-state index contributed by atoms with van der Waals surface area (Å²) in [4.78, 5) is 22.4. The monoisotopic (exact) mass is 267 g/mol. The number of hydrogen-bond donors (Lipinski definition) is 2. The van der Waals surface area contributed by atoms with Crippen LogP contribution in [0.5, 0.6) is 0 Å². The van der Waals surface area contributed by atoms with E-state index in [0.717, 1.165) is 0 Å². The molecule has 0 unspecified atom stereocenters. The lowest BCUT2D eigenvalue weighted by atomic mass is 10.2. The van der Waals surface area contributed by atoms with E-state index in [4.69, 9.17) is 9.84 Å². The van der Waals surface area contributed by atoms with Gasteiger partial charge in [-0.05, 0) is 32.9 Å². The van der Waals surface area contributed by atoms with E-state index >= 15 is 0 Å². The topological polar surface area (TPSA) is 75.6 Å². The number of ether oxygens (including phenoxy) is 1. The van der Waals surface area contributed by atoms with Gasteiger partial charge in [-0.25, -0.2) is 9.59 Å². The SMILES string of the molecule is CC.CC(C)(C)OC(=O)Nc1ccccc1C(=O)O. The van der Waals surface area contributed by atoms with Gasteiger partial charge in [0.15, 0.2) is 0 Å². The Labute approximate surface area is 113 Å². The number of anilines is 1. The fourth-order valence-corrected chi connectivity index (χ4v) is 1.19. The summed E-state index contributed by atoms with van der Waals surface area (Å²) in [5.41, 5.74) is -0.380. The molecule has 0 saturated heterocycles. The number of carboxylic acid groups (broad SMARTS) is 1. The van der Waals surface area contributed by atoms with Crippen LogP contribution in [0, 0.1) is 0 Å². The van der Waals surface area contributed by atoms with Crippen LogP contribution in [-0.4, -0.2) is 22.8 Å². The fourth-order valence-electron chi connectivity index (χ4n) is 1.19. The lowest BCUT2D eigenvalue weighted by Crippen LogP contribution is -2.27. The lowest BCUT2D eigenvalue weighted by molar-refractivity contribution is 0.0636. The number of carbonyl (C=O) groups excluding carboxylic acids is 1. The molecule has 0 spiro atoms. The van der Waals surface area contributed by atoms with Crippen LogP contribution in [0.25, 0.3) is 0 Å². The van der Waals surface area contributed by atoms with Crippen molar-refractivity contribution >= 4 is 17.7 Å². The number of para-hydroxylation sites is 1. The van der Waals surface area contributed by atoms with Crippen molar-refractivity contribution in [2.24, 2.45) is 0 Å². The Hall–Kier alpha value is -2.04. The first-order chi connectivity index (χ1) is 8.79. The number of benzene rings is 1. The first-order valence-electron chi connectivity index (χ1n) is 6.12. The average molecular weight is 267 g/mol. The normalized spacial score (nSPS) is 9.95. The molecule has 1 rings (SSSR count). The highest BCUT2D eigenvalue weighted by atomic mass is 16.6. The highest BCUT2D eigenvalue weighted by Gasteiger charge is 2.18. The molecule has 0 heterocycles. The van der Waals surface area contributed by atoms with E-state index in [2.05, 4.69) is 5.32 Å². The number of nitrogens with one attached hydrogen (secondary N) is 1. The van der Waals surface area contributed by atoms with Crippen LogP contribution in [0.2, 0.25) is 0 Å². The van der Waals surface area contributed by atoms with E-state index in [1.54, 1.807) is 32.9 Å². The summed E-state index contributed by atoms with van der Waals surface area (Å²) in [5.74, 6) is -1.10. The summed E-state index contributed by atoms with van der Waals surface area (Å²) in [6.45, 7) is 9.20. The summed E-state index contributed by atoms with van der Waals surface area (Å²) in [6.07, 6.45) is -0.675.